The minimum absolute atomic E-state index is 0.0352. The summed E-state index contributed by atoms with van der Waals surface area (Å²) in [5, 5.41) is 0. The molecule has 0 spiro atoms. The number of rotatable bonds is 6. The van der Waals surface area contributed by atoms with E-state index in [4.69, 9.17) is 9.47 Å². The van der Waals surface area contributed by atoms with E-state index in [1.54, 1.807) is 6.20 Å². The molecule has 1 aromatic carbocycles. The largest absolute Gasteiger partial charge is 0.457 e. The van der Waals surface area contributed by atoms with Gasteiger partial charge in [-0.05, 0) is 17.9 Å². The highest BCUT2D eigenvalue weighted by molar-refractivity contribution is 5.13. The summed E-state index contributed by atoms with van der Waals surface area (Å²) in [5.41, 5.74) is 0.868. The summed E-state index contributed by atoms with van der Waals surface area (Å²) >= 11 is 0. The van der Waals surface area contributed by atoms with Gasteiger partial charge in [-0.1, -0.05) is 44.2 Å². The fraction of sp³-hybridized carbons (Fsp3) is 0.444. The third-order valence-corrected chi connectivity index (χ3v) is 3.91. The molecule has 1 aliphatic heterocycles. The van der Waals surface area contributed by atoms with Crippen LogP contribution in [0.3, 0.4) is 0 Å². The molecule has 0 N–H and O–H groups in total. The zero-order valence-corrected chi connectivity index (χ0v) is 13.5. The van der Waals surface area contributed by atoms with Gasteiger partial charge in [0.2, 0.25) is 0 Å². The SMILES string of the molecule is CC(C)CC(OCc1ccccc1)C1Cn2ccc(=O)nc2O1. The summed E-state index contributed by atoms with van der Waals surface area (Å²) in [4.78, 5) is 15.3. The predicted octanol–water partition coefficient (Wildman–Crippen LogP) is 2.64. The third kappa shape index (κ3) is 3.99. The van der Waals surface area contributed by atoms with Crippen LogP contribution in [0.4, 0.5) is 0 Å². The molecular weight excluding hydrogens is 292 g/mol. The Hall–Kier alpha value is -2.14. The molecule has 0 saturated carbocycles. The van der Waals surface area contributed by atoms with Crippen LogP contribution in [0.5, 0.6) is 6.01 Å². The smallest absolute Gasteiger partial charge is 0.300 e. The molecule has 3 rings (SSSR count). The first-order valence-electron chi connectivity index (χ1n) is 8.01. The van der Waals surface area contributed by atoms with Crippen LogP contribution in [0.25, 0.3) is 0 Å². The van der Waals surface area contributed by atoms with Gasteiger partial charge in [0.1, 0.15) is 6.10 Å². The fourth-order valence-corrected chi connectivity index (χ4v) is 2.78. The van der Waals surface area contributed by atoms with Crippen molar-refractivity contribution in [2.75, 3.05) is 0 Å². The van der Waals surface area contributed by atoms with Crippen molar-refractivity contribution in [1.82, 2.24) is 9.55 Å². The Morgan fingerprint density at radius 2 is 2.09 bits per heavy atom. The molecule has 2 aromatic rings. The van der Waals surface area contributed by atoms with Gasteiger partial charge in [0.15, 0.2) is 0 Å². The predicted molar refractivity (Wildman–Crippen MR) is 87.4 cm³/mol. The molecule has 0 fully saturated rings. The molecule has 5 nitrogen and oxygen atoms in total. The van der Waals surface area contributed by atoms with Gasteiger partial charge in [-0.25, -0.2) is 0 Å². The summed E-state index contributed by atoms with van der Waals surface area (Å²) in [6.07, 6.45) is 2.48. The fourth-order valence-electron chi connectivity index (χ4n) is 2.78. The maximum atomic E-state index is 11.4. The maximum Gasteiger partial charge on any atom is 0.300 e. The molecular formula is C18H22N2O3. The number of aromatic nitrogens is 2. The van der Waals surface area contributed by atoms with Crippen LogP contribution >= 0.6 is 0 Å². The average Bonchev–Trinajstić information content (AvgIpc) is 2.95. The second-order valence-corrected chi connectivity index (χ2v) is 6.32. The minimum atomic E-state index is -0.275. The van der Waals surface area contributed by atoms with Crippen LogP contribution in [0.15, 0.2) is 47.4 Å². The van der Waals surface area contributed by atoms with E-state index in [1.165, 1.54) is 6.07 Å². The molecule has 0 saturated heterocycles. The van der Waals surface area contributed by atoms with E-state index >= 15 is 0 Å². The molecule has 2 unspecified atom stereocenters. The zero-order chi connectivity index (χ0) is 16.2. The lowest BCUT2D eigenvalue weighted by Crippen LogP contribution is -2.34. The van der Waals surface area contributed by atoms with Crippen molar-refractivity contribution in [2.24, 2.45) is 5.92 Å². The molecule has 1 aromatic heterocycles. The van der Waals surface area contributed by atoms with Crippen LogP contribution in [0.1, 0.15) is 25.8 Å². The Balaban J connectivity index is 1.69. The van der Waals surface area contributed by atoms with E-state index in [0.717, 1.165) is 12.0 Å². The summed E-state index contributed by atoms with van der Waals surface area (Å²) < 4.78 is 13.9. The summed E-state index contributed by atoms with van der Waals surface area (Å²) in [6.45, 7) is 5.55. The standard InChI is InChI=1S/C18H22N2O3/c1-13(2)10-15(22-12-14-6-4-3-5-7-14)16-11-20-9-8-17(21)19-18(20)23-16/h3-9,13,15-16H,10-12H2,1-2H3. The van der Waals surface area contributed by atoms with Gasteiger partial charge in [-0.2, -0.15) is 4.98 Å². The van der Waals surface area contributed by atoms with E-state index in [9.17, 15) is 4.79 Å². The van der Waals surface area contributed by atoms with Crippen molar-refractivity contribution >= 4 is 0 Å². The number of hydrogen-bond acceptors (Lipinski definition) is 4. The van der Waals surface area contributed by atoms with Crippen molar-refractivity contribution in [1.29, 1.82) is 0 Å². The first-order valence-corrected chi connectivity index (χ1v) is 8.01. The molecule has 2 atom stereocenters. The summed E-state index contributed by atoms with van der Waals surface area (Å²) in [5.74, 6) is 0.496. The molecule has 2 heterocycles. The Labute approximate surface area is 135 Å². The second-order valence-electron chi connectivity index (χ2n) is 6.32. The molecule has 122 valence electrons. The lowest BCUT2D eigenvalue weighted by Gasteiger charge is -2.24. The number of ether oxygens (including phenoxy) is 2. The molecule has 0 aliphatic carbocycles. The van der Waals surface area contributed by atoms with Crippen LogP contribution in [0, 0.1) is 5.92 Å². The molecule has 1 aliphatic rings. The summed E-state index contributed by atoms with van der Waals surface area (Å²) in [7, 11) is 0. The second kappa shape index (κ2) is 6.96. The number of hydrogen-bond donors (Lipinski definition) is 0. The molecule has 0 bridgehead atoms. The van der Waals surface area contributed by atoms with Crippen molar-refractivity contribution in [3.63, 3.8) is 0 Å². The highest BCUT2D eigenvalue weighted by atomic mass is 16.6. The third-order valence-electron chi connectivity index (χ3n) is 3.91. The molecule has 0 amide bonds. The van der Waals surface area contributed by atoms with Crippen LogP contribution in [-0.4, -0.2) is 21.8 Å². The number of fused-ring (bicyclic) bond motifs is 1. The Morgan fingerprint density at radius 3 is 2.83 bits per heavy atom. The van der Waals surface area contributed by atoms with E-state index in [1.807, 2.05) is 22.8 Å². The van der Waals surface area contributed by atoms with Crippen molar-refractivity contribution in [3.05, 3.63) is 58.5 Å². The van der Waals surface area contributed by atoms with Crippen molar-refractivity contribution in [2.45, 2.75) is 45.6 Å². The Morgan fingerprint density at radius 1 is 1.30 bits per heavy atom. The van der Waals surface area contributed by atoms with Gasteiger partial charge in [0.05, 0.1) is 19.3 Å². The van der Waals surface area contributed by atoms with E-state index in [-0.39, 0.29) is 17.8 Å². The highest BCUT2D eigenvalue weighted by Gasteiger charge is 2.32. The maximum absolute atomic E-state index is 11.4. The van der Waals surface area contributed by atoms with Crippen LogP contribution < -0.4 is 10.3 Å². The summed E-state index contributed by atoms with van der Waals surface area (Å²) in [6, 6.07) is 12.0. The number of nitrogens with zero attached hydrogens (tertiary/aromatic N) is 2. The van der Waals surface area contributed by atoms with Gasteiger partial charge in [0, 0.05) is 12.3 Å². The first-order chi connectivity index (χ1) is 11.1. The molecule has 5 heteroatoms. The van der Waals surface area contributed by atoms with E-state index < -0.39 is 0 Å². The highest BCUT2D eigenvalue weighted by Crippen LogP contribution is 2.24. The van der Waals surface area contributed by atoms with Crippen LogP contribution in [-0.2, 0) is 17.9 Å². The number of benzene rings is 1. The minimum Gasteiger partial charge on any atom is -0.457 e. The van der Waals surface area contributed by atoms with Gasteiger partial charge < -0.3 is 9.47 Å². The van der Waals surface area contributed by atoms with Crippen molar-refractivity contribution in [3.8, 4) is 6.01 Å². The lowest BCUT2D eigenvalue weighted by molar-refractivity contribution is -0.0392. The lowest BCUT2D eigenvalue weighted by atomic mass is 10.0. The molecule has 23 heavy (non-hydrogen) atoms. The first kappa shape index (κ1) is 15.7. The topological polar surface area (TPSA) is 53.4 Å². The monoisotopic (exact) mass is 314 g/mol. The van der Waals surface area contributed by atoms with Gasteiger partial charge >= 0.3 is 0 Å². The van der Waals surface area contributed by atoms with Crippen molar-refractivity contribution < 1.29 is 9.47 Å². The van der Waals surface area contributed by atoms with E-state index in [0.29, 0.717) is 25.1 Å². The zero-order valence-electron chi connectivity index (χ0n) is 13.5. The Bertz CT molecular complexity index is 697. The molecule has 0 radical (unpaired) electrons. The Kier molecular flexibility index (Phi) is 4.76. The van der Waals surface area contributed by atoms with Gasteiger partial charge in [0.25, 0.3) is 11.6 Å². The van der Waals surface area contributed by atoms with Gasteiger partial charge in [-0.3, -0.25) is 9.36 Å². The van der Waals surface area contributed by atoms with E-state index in [2.05, 4.69) is 31.0 Å². The van der Waals surface area contributed by atoms with Gasteiger partial charge in [-0.15, -0.1) is 0 Å². The van der Waals surface area contributed by atoms with Crippen LogP contribution in [0.2, 0.25) is 0 Å². The normalized spacial score (nSPS) is 17.8. The average molecular weight is 314 g/mol. The quantitative estimate of drug-likeness (QED) is 0.822.